The van der Waals surface area contributed by atoms with Gasteiger partial charge in [0.05, 0.1) is 12.7 Å². The lowest BCUT2D eigenvalue weighted by Crippen LogP contribution is -2.43. The molecule has 0 aromatic heterocycles. The van der Waals surface area contributed by atoms with Gasteiger partial charge in [0.25, 0.3) is 0 Å². The highest BCUT2D eigenvalue weighted by molar-refractivity contribution is 4.70. The van der Waals surface area contributed by atoms with Crippen LogP contribution in [-0.2, 0) is 4.74 Å². The van der Waals surface area contributed by atoms with E-state index >= 15 is 0 Å². The van der Waals surface area contributed by atoms with Crippen molar-refractivity contribution in [2.45, 2.75) is 20.0 Å². The first-order valence-corrected chi connectivity index (χ1v) is 4.76. The third-order valence-electron chi connectivity index (χ3n) is 2.30. The zero-order chi connectivity index (χ0) is 8.97. The first-order valence-electron chi connectivity index (χ1n) is 4.76. The highest BCUT2D eigenvalue weighted by Gasteiger charge is 2.17. The predicted octanol–water partition coefficient (Wildman–Crippen LogP) is 0.302. The zero-order valence-corrected chi connectivity index (χ0v) is 8.12. The van der Waals surface area contributed by atoms with E-state index in [1.807, 2.05) is 0 Å². The summed E-state index contributed by atoms with van der Waals surface area (Å²) in [4.78, 5) is 2.44. The summed E-state index contributed by atoms with van der Waals surface area (Å²) in [6.45, 7) is 9.22. The topological polar surface area (TPSA) is 38.5 Å². The molecule has 2 unspecified atom stereocenters. The van der Waals surface area contributed by atoms with E-state index in [2.05, 4.69) is 18.7 Å². The molecule has 0 amide bonds. The molecule has 0 aromatic carbocycles. The molecule has 1 aliphatic rings. The molecule has 1 rings (SSSR count). The van der Waals surface area contributed by atoms with Crippen molar-refractivity contribution >= 4 is 0 Å². The fourth-order valence-corrected chi connectivity index (χ4v) is 1.57. The van der Waals surface area contributed by atoms with Gasteiger partial charge >= 0.3 is 0 Å². The molecule has 1 saturated heterocycles. The van der Waals surface area contributed by atoms with Crippen LogP contribution in [0.2, 0.25) is 0 Å². The minimum absolute atomic E-state index is 0.392. The average Bonchev–Trinajstić information content (AvgIpc) is 2.04. The number of hydrogen-bond acceptors (Lipinski definition) is 3. The Bertz CT molecular complexity index is 130. The fraction of sp³-hybridized carbons (Fsp3) is 1.00. The third kappa shape index (κ3) is 3.09. The van der Waals surface area contributed by atoms with Crippen LogP contribution in [0.25, 0.3) is 0 Å². The van der Waals surface area contributed by atoms with Crippen molar-refractivity contribution in [3.63, 3.8) is 0 Å². The van der Waals surface area contributed by atoms with Crippen LogP contribution in [0.5, 0.6) is 0 Å². The summed E-state index contributed by atoms with van der Waals surface area (Å²) in [5.74, 6) is 0.607. The van der Waals surface area contributed by atoms with Crippen LogP contribution >= 0.6 is 0 Å². The highest BCUT2D eigenvalue weighted by atomic mass is 16.5. The van der Waals surface area contributed by atoms with E-state index in [0.717, 1.165) is 32.8 Å². The smallest absolute Gasteiger partial charge is 0.0674 e. The zero-order valence-electron chi connectivity index (χ0n) is 8.12. The maximum atomic E-state index is 5.57. The highest BCUT2D eigenvalue weighted by Crippen LogP contribution is 2.06. The van der Waals surface area contributed by atoms with E-state index in [0.29, 0.717) is 12.0 Å². The van der Waals surface area contributed by atoms with E-state index in [-0.39, 0.29) is 0 Å². The Hall–Kier alpha value is -0.120. The molecule has 0 bridgehead atoms. The lowest BCUT2D eigenvalue weighted by molar-refractivity contribution is -0.0219. The number of hydrogen-bond donors (Lipinski definition) is 1. The monoisotopic (exact) mass is 172 g/mol. The summed E-state index contributed by atoms with van der Waals surface area (Å²) in [5, 5.41) is 0. The maximum absolute atomic E-state index is 5.57. The van der Waals surface area contributed by atoms with E-state index in [1.165, 1.54) is 0 Å². The first-order chi connectivity index (χ1) is 5.72. The number of nitrogens with two attached hydrogens (primary N) is 1. The molecule has 1 fully saturated rings. The average molecular weight is 172 g/mol. The first kappa shape index (κ1) is 9.96. The molecular weight excluding hydrogens is 152 g/mol. The van der Waals surface area contributed by atoms with Crippen LogP contribution in [0.15, 0.2) is 0 Å². The van der Waals surface area contributed by atoms with Crippen LogP contribution in [0, 0.1) is 5.92 Å². The molecule has 2 atom stereocenters. The van der Waals surface area contributed by atoms with Crippen molar-refractivity contribution in [1.29, 1.82) is 0 Å². The molecule has 12 heavy (non-hydrogen) atoms. The molecule has 3 nitrogen and oxygen atoms in total. The predicted molar refractivity (Wildman–Crippen MR) is 50.1 cm³/mol. The van der Waals surface area contributed by atoms with Gasteiger partial charge in [-0.2, -0.15) is 0 Å². The van der Waals surface area contributed by atoms with Crippen molar-refractivity contribution in [2.24, 2.45) is 11.7 Å². The molecule has 1 heterocycles. The van der Waals surface area contributed by atoms with Crippen molar-refractivity contribution < 1.29 is 4.74 Å². The molecule has 2 N–H and O–H groups in total. The van der Waals surface area contributed by atoms with Crippen molar-refractivity contribution in [1.82, 2.24) is 4.90 Å². The van der Waals surface area contributed by atoms with Crippen LogP contribution in [0.3, 0.4) is 0 Å². The van der Waals surface area contributed by atoms with Gasteiger partial charge in [0.15, 0.2) is 0 Å². The van der Waals surface area contributed by atoms with Gasteiger partial charge in [-0.15, -0.1) is 0 Å². The molecule has 3 heteroatoms. The second-order valence-electron chi connectivity index (χ2n) is 3.78. The lowest BCUT2D eigenvalue weighted by atomic mass is 10.1. The Balaban J connectivity index is 2.22. The normalized spacial score (nSPS) is 28.8. The third-order valence-corrected chi connectivity index (χ3v) is 2.30. The van der Waals surface area contributed by atoms with Crippen LogP contribution in [0.1, 0.15) is 13.8 Å². The molecule has 0 aliphatic carbocycles. The molecule has 0 saturated carbocycles. The summed E-state index contributed by atoms with van der Waals surface area (Å²) < 4.78 is 5.45. The standard InChI is InChI=1S/C9H20N2O/c1-8(5-10)6-11-3-4-12-9(2)7-11/h8-9H,3-7,10H2,1-2H3. The van der Waals surface area contributed by atoms with Gasteiger partial charge in [0.1, 0.15) is 0 Å². The second-order valence-corrected chi connectivity index (χ2v) is 3.78. The summed E-state index contributed by atoms with van der Waals surface area (Å²) in [6.07, 6.45) is 0.392. The quantitative estimate of drug-likeness (QED) is 0.665. The van der Waals surface area contributed by atoms with Gasteiger partial charge in [-0.25, -0.2) is 0 Å². The Kier molecular flexibility index (Phi) is 3.98. The molecule has 0 radical (unpaired) electrons. The fourth-order valence-electron chi connectivity index (χ4n) is 1.57. The number of nitrogens with zero attached hydrogens (tertiary/aromatic N) is 1. The Morgan fingerprint density at radius 2 is 2.42 bits per heavy atom. The van der Waals surface area contributed by atoms with Gasteiger partial charge in [-0.1, -0.05) is 6.92 Å². The lowest BCUT2D eigenvalue weighted by Gasteiger charge is -2.32. The number of morpholine rings is 1. The van der Waals surface area contributed by atoms with Gasteiger partial charge < -0.3 is 10.5 Å². The number of ether oxygens (including phenoxy) is 1. The molecular formula is C9H20N2O. The summed E-state index contributed by atoms with van der Waals surface area (Å²) >= 11 is 0. The van der Waals surface area contributed by atoms with Crippen LogP contribution in [-0.4, -0.2) is 43.8 Å². The SMILES string of the molecule is CC(CN)CN1CCOC(C)C1. The van der Waals surface area contributed by atoms with Crippen molar-refractivity contribution in [2.75, 3.05) is 32.8 Å². The minimum Gasteiger partial charge on any atom is -0.376 e. The van der Waals surface area contributed by atoms with Crippen LogP contribution < -0.4 is 5.73 Å². The minimum atomic E-state index is 0.392. The van der Waals surface area contributed by atoms with Gasteiger partial charge in [-0.05, 0) is 19.4 Å². The summed E-state index contributed by atoms with van der Waals surface area (Å²) in [6, 6.07) is 0. The molecule has 1 aliphatic heterocycles. The van der Waals surface area contributed by atoms with Gasteiger partial charge in [0, 0.05) is 19.6 Å². The largest absolute Gasteiger partial charge is 0.376 e. The number of rotatable bonds is 3. The Labute approximate surface area is 74.9 Å². The van der Waals surface area contributed by atoms with Crippen molar-refractivity contribution in [3.8, 4) is 0 Å². The Morgan fingerprint density at radius 3 is 3.00 bits per heavy atom. The van der Waals surface area contributed by atoms with E-state index in [1.54, 1.807) is 0 Å². The second kappa shape index (κ2) is 4.80. The van der Waals surface area contributed by atoms with Crippen molar-refractivity contribution in [3.05, 3.63) is 0 Å². The molecule has 72 valence electrons. The van der Waals surface area contributed by atoms with E-state index in [4.69, 9.17) is 10.5 Å². The summed E-state index contributed by atoms with van der Waals surface area (Å²) in [5.41, 5.74) is 5.57. The molecule has 0 spiro atoms. The Morgan fingerprint density at radius 1 is 1.67 bits per heavy atom. The van der Waals surface area contributed by atoms with Gasteiger partial charge in [0.2, 0.25) is 0 Å². The summed E-state index contributed by atoms with van der Waals surface area (Å²) in [7, 11) is 0. The maximum Gasteiger partial charge on any atom is 0.0674 e. The molecule has 0 aromatic rings. The van der Waals surface area contributed by atoms with Gasteiger partial charge in [-0.3, -0.25) is 4.90 Å². The van der Waals surface area contributed by atoms with E-state index in [9.17, 15) is 0 Å². The van der Waals surface area contributed by atoms with Crippen LogP contribution in [0.4, 0.5) is 0 Å². The van der Waals surface area contributed by atoms with E-state index < -0.39 is 0 Å².